The van der Waals surface area contributed by atoms with Crippen molar-refractivity contribution in [1.29, 1.82) is 0 Å². The van der Waals surface area contributed by atoms with E-state index in [1.165, 1.54) is 62.1 Å². The number of hydrogen-bond donors (Lipinski definition) is 2. The minimum absolute atomic E-state index is 0.0542. The zero-order valence-electron chi connectivity index (χ0n) is 20.2. The molecule has 4 rings (SSSR count). The third-order valence-electron chi connectivity index (χ3n) is 5.71. The van der Waals surface area contributed by atoms with Gasteiger partial charge in [0.25, 0.3) is 5.56 Å². The maximum absolute atomic E-state index is 13.6. The number of halogens is 4. The lowest BCUT2D eigenvalue weighted by molar-refractivity contribution is -0.137. The van der Waals surface area contributed by atoms with E-state index in [1.807, 2.05) is 0 Å². The van der Waals surface area contributed by atoms with Gasteiger partial charge in [-0.05, 0) is 60.7 Å². The number of nitrogens with one attached hydrogen (secondary N) is 1. The van der Waals surface area contributed by atoms with Crippen molar-refractivity contribution in [2.24, 2.45) is 7.05 Å². The fraction of sp³-hybridized carbons (Fsp3) is 0.160. The van der Waals surface area contributed by atoms with Crippen molar-refractivity contribution in [2.75, 3.05) is 18.8 Å². The van der Waals surface area contributed by atoms with Crippen molar-refractivity contribution in [2.45, 2.75) is 16.0 Å². The molecular formula is C25H21ClF3N3O4S2. The van der Waals surface area contributed by atoms with E-state index in [4.69, 9.17) is 11.6 Å². The summed E-state index contributed by atoms with van der Waals surface area (Å²) >= 11 is 7.13. The van der Waals surface area contributed by atoms with Crippen molar-refractivity contribution in [3.05, 3.63) is 81.6 Å². The summed E-state index contributed by atoms with van der Waals surface area (Å²) in [6.45, 7) is 0. The minimum Gasteiger partial charge on any atom is -0.507 e. The first-order valence-electron chi connectivity index (χ1n) is 10.9. The second-order valence-electron chi connectivity index (χ2n) is 8.48. The molecule has 7 nitrogen and oxygen atoms in total. The summed E-state index contributed by atoms with van der Waals surface area (Å²) in [6.07, 6.45) is -4.64. The van der Waals surface area contributed by atoms with Gasteiger partial charge >= 0.3 is 16.4 Å². The van der Waals surface area contributed by atoms with E-state index in [1.54, 1.807) is 12.1 Å². The van der Waals surface area contributed by atoms with Gasteiger partial charge in [0.15, 0.2) is 0 Å². The zero-order valence-corrected chi connectivity index (χ0v) is 22.6. The van der Waals surface area contributed by atoms with Crippen LogP contribution in [-0.4, -0.2) is 36.5 Å². The number of hydrogen-bond acceptors (Lipinski definition) is 5. The Balaban J connectivity index is 1.94. The Labute approximate surface area is 225 Å². The summed E-state index contributed by atoms with van der Waals surface area (Å²) in [5.74, 6) is -0.267. The Kier molecular flexibility index (Phi) is 7.45. The van der Waals surface area contributed by atoms with Crippen LogP contribution in [0.15, 0.2) is 75.2 Å². The topological polar surface area (TPSA) is 91.6 Å². The van der Waals surface area contributed by atoms with Crippen LogP contribution in [0, 0.1) is 0 Å². The average Bonchev–Trinajstić information content (AvgIpc) is 2.84. The first-order chi connectivity index (χ1) is 17.7. The van der Waals surface area contributed by atoms with E-state index >= 15 is 0 Å². The smallest absolute Gasteiger partial charge is 0.416 e. The molecule has 0 aliphatic carbocycles. The SMILES string of the molecule is CN(C)S(=O)(=O)Nc1ccc(Sc2c(-c3cc(Cl)ccc3O)c3cc(C(F)(F)F)ccc3n(C)c2=O)cc1. The lowest BCUT2D eigenvalue weighted by atomic mass is 9.98. The van der Waals surface area contributed by atoms with Gasteiger partial charge in [-0.1, -0.05) is 23.4 Å². The molecule has 13 heteroatoms. The van der Waals surface area contributed by atoms with E-state index in [-0.39, 0.29) is 43.4 Å². The number of aromatic nitrogens is 1. The van der Waals surface area contributed by atoms with Crippen LogP contribution in [-0.2, 0) is 23.4 Å². The largest absolute Gasteiger partial charge is 0.507 e. The molecule has 1 heterocycles. The molecule has 0 aliphatic heterocycles. The number of alkyl halides is 3. The zero-order chi connectivity index (χ0) is 28.0. The van der Waals surface area contributed by atoms with Crippen LogP contribution < -0.4 is 10.3 Å². The van der Waals surface area contributed by atoms with E-state index in [2.05, 4.69) is 4.72 Å². The molecule has 4 aromatic rings. The van der Waals surface area contributed by atoms with Crippen LogP contribution in [0.4, 0.5) is 18.9 Å². The molecule has 0 fully saturated rings. The minimum atomic E-state index is -4.64. The number of aryl methyl sites for hydroxylation is 1. The molecule has 0 amide bonds. The number of phenolic OH excluding ortho intramolecular Hbond substituents is 1. The Morgan fingerprint density at radius 3 is 2.29 bits per heavy atom. The van der Waals surface area contributed by atoms with Crippen molar-refractivity contribution >= 4 is 50.2 Å². The van der Waals surface area contributed by atoms with Gasteiger partial charge in [-0.2, -0.15) is 25.9 Å². The maximum atomic E-state index is 13.6. The van der Waals surface area contributed by atoms with Crippen molar-refractivity contribution < 1.29 is 26.7 Å². The molecule has 0 unspecified atom stereocenters. The molecule has 0 bridgehead atoms. The Morgan fingerprint density at radius 1 is 1.03 bits per heavy atom. The highest BCUT2D eigenvalue weighted by atomic mass is 35.5. The summed E-state index contributed by atoms with van der Waals surface area (Å²) in [4.78, 5) is 14.1. The van der Waals surface area contributed by atoms with Crippen LogP contribution in [0.2, 0.25) is 5.02 Å². The predicted molar refractivity (Wildman–Crippen MR) is 143 cm³/mol. The number of phenols is 1. The molecular weight excluding hydrogens is 563 g/mol. The molecule has 38 heavy (non-hydrogen) atoms. The van der Waals surface area contributed by atoms with Gasteiger partial charge in [-0.15, -0.1) is 0 Å². The molecule has 1 aromatic heterocycles. The first-order valence-corrected chi connectivity index (χ1v) is 13.5. The first kappa shape index (κ1) is 27.8. The molecule has 3 aromatic carbocycles. The van der Waals surface area contributed by atoms with E-state index in [0.29, 0.717) is 4.90 Å². The quantitative estimate of drug-likeness (QED) is 0.293. The Bertz CT molecular complexity index is 1700. The number of benzene rings is 3. The summed E-state index contributed by atoms with van der Waals surface area (Å²) in [7, 11) is 0.459. The highest BCUT2D eigenvalue weighted by Gasteiger charge is 2.32. The normalized spacial score (nSPS) is 12.3. The predicted octanol–water partition coefficient (Wildman–Crippen LogP) is 5.95. The van der Waals surface area contributed by atoms with Gasteiger partial charge in [-0.3, -0.25) is 9.52 Å². The average molecular weight is 584 g/mol. The second-order valence-corrected chi connectivity index (χ2v) is 11.9. The van der Waals surface area contributed by atoms with Gasteiger partial charge in [0, 0.05) is 53.3 Å². The maximum Gasteiger partial charge on any atom is 0.416 e. The number of fused-ring (bicyclic) bond motifs is 1. The Hall–Kier alpha value is -3.19. The third-order valence-corrected chi connectivity index (χ3v) is 8.49. The van der Waals surface area contributed by atoms with E-state index in [9.17, 15) is 31.5 Å². The molecule has 2 N–H and O–H groups in total. The number of pyridine rings is 1. The second kappa shape index (κ2) is 10.2. The van der Waals surface area contributed by atoms with E-state index < -0.39 is 27.5 Å². The highest BCUT2D eigenvalue weighted by Crippen LogP contribution is 2.44. The number of rotatable bonds is 6. The van der Waals surface area contributed by atoms with Crippen LogP contribution >= 0.6 is 23.4 Å². The van der Waals surface area contributed by atoms with Crippen LogP contribution in [0.5, 0.6) is 5.75 Å². The molecule has 0 aliphatic rings. The van der Waals surface area contributed by atoms with Crippen molar-refractivity contribution in [1.82, 2.24) is 8.87 Å². The fourth-order valence-corrected chi connectivity index (χ4v) is 5.56. The monoisotopic (exact) mass is 583 g/mol. The summed E-state index contributed by atoms with van der Waals surface area (Å²) < 4.78 is 69.7. The fourth-order valence-electron chi connectivity index (χ4n) is 3.72. The molecule has 0 saturated carbocycles. The standard InChI is InChI=1S/C25H21ClF3N3O4S2/c1-31(2)38(35,36)30-16-6-8-17(9-7-16)37-23-22(19-13-15(26)5-11-21(19)33)18-12-14(25(27,28)29)4-10-20(18)32(3)24(23)34/h4-13,30,33H,1-3H3. The van der Waals surface area contributed by atoms with Crippen LogP contribution in [0.3, 0.4) is 0 Å². The van der Waals surface area contributed by atoms with Crippen LogP contribution in [0.25, 0.3) is 22.0 Å². The highest BCUT2D eigenvalue weighted by molar-refractivity contribution is 7.99. The van der Waals surface area contributed by atoms with Gasteiger partial charge in [0.1, 0.15) is 5.75 Å². The number of aromatic hydroxyl groups is 1. The molecule has 0 spiro atoms. The summed E-state index contributed by atoms with van der Waals surface area (Å²) in [6, 6.07) is 13.3. The van der Waals surface area contributed by atoms with Crippen LogP contribution in [0.1, 0.15) is 5.56 Å². The lowest BCUT2D eigenvalue weighted by Gasteiger charge is -2.18. The molecule has 0 radical (unpaired) electrons. The van der Waals surface area contributed by atoms with Gasteiger partial charge in [0.2, 0.25) is 0 Å². The van der Waals surface area contributed by atoms with Crippen molar-refractivity contribution in [3.8, 4) is 16.9 Å². The molecule has 200 valence electrons. The molecule has 0 atom stereocenters. The van der Waals surface area contributed by atoms with Crippen molar-refractivity contribution in [3.63, 3.8) is 0 Å². The Morgan fingerprint density at radius 2 is 1.68 bits per heavy atom. The van der Waals surface area contributed by atoms with Gasteiger partial charge in [-0.25, -0.2) is 0 Å². The summed E-state index contributed by atoms with van der Waals surface area (Å²) in [5.41, 5.74) is -0.727. The number of anilines is 1. The van der Waals surface area contributed by atoms with Gasteiger partial charge < -0.3 is 9.67 Å². The third kappa shape index (κ3) is 5.48. The molecule has 0 saturated heterocycles. The van der Waals surface area contributed by atoms with Gasteiger partial charge in [0.05, 0.1) is 16.0 Å². The summed E-state index contributed by atoms with van der Waals surface area (Å²) in [5, 5.41) is 11.0. The number of nitrogens with zero attached hydrogens (tertiary/aromatic N) is 2. The lowest BCUT2D eigenvalue weighted by Crippen LogP contribution is -2.28. The van der Waals surface area contributed by atoms with E-state index in [0.717, 1.165) is 28.2 Å².